The molecule has 0 unspecified atom stereocenters. The van der Waals surface area contributed by atoms with Crippen LogP contribution in [0.3, 0.4) is 0 Å². The third-order valence-electron chi connectivity index (χ3n) is 8.85. The fraction of sp³-hybridized carbons (Fsp3) is 0.594. The number of fused-ring (bicyclic) bond motifs is 1. The molecule has 48 heavy (non-hydrogen) atoms. The summed E-state index contributed by atoms with van der Waals surface area (Å²) in [6.07, 6.45) is -9.11. The molecule has 5 rings (SSSR count). The first-order valence-electron chi connectivity index (χ1n) is 15.4. The number of hydrogen-bond donors (Lipinski definition) is 7. The average Bonchev–Trinajstić information content (AvgIpc) is 3.46. The Bertz CT molecular complexity index is 1350. The Hall–Kier alpha value is -3.13. The maximum Gasteiger partial charge on any atom is 0.331 e. The van der Waals surface area contributed by atoms with Crippen molar-refractivity contribution in [3.63, 3.8) is 0 Å². The molecule has 1 aromatic carbocycles. The van der Waals surface area contributed by atoms with Crippen LogP contribution in [0, 0.1) is 11.8 Å². The number of carbonyl (C=O) groups excluding carboxylic acids is 1. The van der Waals surface area contributed by atoms with Gasteiger partial charge in [0, 0.05) is 12.0 Å². The van der Waals surface area contributed by atoms with Gasteiger partial charge in [-0.25, -0.2) is 4.79 Å². The molecule has 0 aromatic heterocycles. The lowest BCUT2D eigenvalue weighted by molar-refractivity contribution is -0.341. The second kappa shape index (κ2) is 15.6. The number of methoxy groups -OCH3 is 2. The van der Waals surface area contributed by atoms with Gasteiger partial charge in [-0.05, 0) is 42.3 Å². The summed E-state index contributed by atoms with van der Waals surface area (Å²) in [5.74, 6) is -1.04. The van der Waals surface area contributed by atoms with E-state index in [2.05, 4.69) is 0 Å². The second-order valence-corrected chi connectivity index (χ2v) is 11.8. The SMILES string of the molecule is COc1ccc(/C=C/C(=O)O[C@@H]2[C@@H](O)[C@@H](O)[C@H](O[C@H]3C=C(CO)[C@H]4[C@H](O[C@@H]5O[C@H](CO)[C@@H](O)[C@H](O)[C@H]5O)OC=C[C@@H]43)O[C@H]2C)cc1OC. The minimum absolute atomic E-state index is 0.427. The monoisotopic (exact) mass is 682 g/mol. The van der Waals surface area contributed by atoms with E-state index in [-0.39, 0.29) is 0 Å². The van der Waals surface area contributed by atoms with Gasteiger partial charge < -0.3 is 73.6 Å². The standard InChI is InChI=1S/C32H42O16/c1-14-29(47-22(35)7-5-15-4-6-18(41-2)20(10-15)42-3)26(38)28(40)31(44-14)45-19-11-16(12-33)23-17(19)8-9-43-30(23)48-32-27(39)25(37)24(36)21(13-34)46-32/h4-11,14,17,19,21,23-34,36-40H,12-13H2,1-3H3/b7-5+/t14-,17+,19-,21+,23+,24+,25-,26-,27+,28+,29-,30-,31-,32-/m0/s1. The van der Waals surface area contributed by atoms with Crippen molar-refractivity contribution >= 4 is 12.0 Å². The topological polar surface area (TPSA) is 233 Å². The predicted molar refractivity (Wildman–Crippen MR) is 161 cm³/mol. The van der Waals surface area contributed by atoms with E-state index < -0.39 is 105 Å². The van der Waals surface area contributed by atoms with Gasteiger partial charge >= 0.3 is 5.97 Å². The van der Waals surface area contributed by atoms with E-state index in [0.717, 1.165) is 6.08 Å². The van der Waals surface area contributed by atoms with Crippen LogP contribution in [-0.4, -0.2) is 143 Å². The maximum absolute atomic E-state index is 12.6. The number of hydrogen-bond acceptors (Lipinski definition) is 16. The van der Waals surface area contributed by atoms with Gasteiger partial charge in [0.2, 0.25) is 6.29 Å². The van der Waals surface area contributed by atoms with E-state index in [0.29, 0.717) is 22.6 Å². The molecule has 2 fully saturated rings. The maximum atomic E-state index is 12.6. The van der Waals surface area contributed by atoms with E-state index in [1.807, 2.05) is 0 Å². The number of aliphatic hydroxyl groups is 7. The largest absolute Gasteiger partial charge is 0.493 e. The van der Waals surface area contributed by atoms with Gasteiger partial charge in [0.25, 0.3) is 0 Å². The summed E-state index contributed by atoms with van der Waals surface area (Å²) >= 11 is 0. The van der Waals surface area contributed by atoms with Gasteiger partial charge in [-0.3, -0.25) is 0 Å². The minimum Gasteiger partial charge on any atom is -0.493 e. The van der Waals surface area contributed by atoms with Crippen LogP contribution >= 0.6 is 0 Å². The lowest BCUT2D eigenvalue weighted by Crippen LogP contribution is -2.60. The van der Waals surface area contributed by atoms with Crippen LogP contribution in [0.15, 0.2) is 48.3 Å². The van der Waals surface area contributed by atoms with Crippen molar-refractivity contribution in [2.45, 2.75) is 80.7 Å². The summed E-state index contributed by atoms with van der Waals surface area (Å²) < 4.78 is 44.7. The van der Waals surface area contributed by atoms with Crippen molar-refractivity contribution in [3.05, 3.63) is 53.8 Å². The third-order valence-corrected chi connectivity index (χ3v) is 8.85. The highest BCUT2D eigenvalue weighted by atomic mass is 16.8. The van der Waals surface area contributed by atoms with Gasteiger partial charge in [-0.1, -0.05) is 12.1 Å². The van der Waals surface area contributed by atoms with Crippen LogP contribution in [0.2, 0.25) is 0 Å². The molecular weight excluding hydrogens is 640 g/mol. The Balaban J connectivity index is 1.21. The molecule has 0 spiro atoms. The number of ether oxygens (including phenoxy) is 8. The second-order valence-electron chi connectivity index (χ2n) is 11.8. The van der Waals surface area contributed by atoms with Crippen molar-refractivity contribution in [2.24, 2.45) is 11.8 Å². The molecule has 266 valence electrons. The molecule has 2 saturated heterocycles. The number of aliphatic hydroxyl groups excluding tert-OH is 7. The van der Waals surface area contributed by atoms with Crippen molar-refractivity contribution in [2.75, 3.05) is 27.4 Å². The van der Waals surface area contributed by atoms with Crippen molar-refractivity contribution < 1.29 is 78.4 Å². The van der Waals surface area contributed by atoms with Crippen LogP contribution < -0.4 is 9.47 Å². The first kappa shape index (κ1) is 36.2. The van der Waals surface area contributed by atoms with Gasteiger partial charge in [-0.15, -0.1) is 0 Å². The molecule has 3 heterocycles. The highest BCUT2D eigenvalue weighted by Gasteiger charge is 2.52. The molecule has 0 saturated carbocycles. The Labute approximate surface area is 275 Å². The van der Waals surface area contributed by atoms with E-state index in [4.69, 9.17) is 37.9 Å². The summed E-state index contributed by atoms with van der Waals surface area (Å²) in [6, 6.07) is 5.05. The number of benzene rings is 1. The Kier molecular flexibility index (Phi) is 11.8. The normalized spacial score (nSPS) is 39.4. The first-order valence-corrected chi connectivity index (χ1v) is 15.4. The zero-order valence-corrected chi connectivity index (χ0v) is 26.4. The zero-order valence-electron chi connectivity index (χ0n) is 26.4. The molecule has 1 aliphatic carbocycles. The highest BCUT2D eigenvalue weighted by Crippen LogP contribution is 2.43. The van der Waals surface area contributed by atoms with Gasteiger partial charge in [0.05, 0.1) is 51.8 Å². The highest BCUT2D eigenvalue weighted by molar-refractivity contribution is 5.87. The molecule has 0 radical (unpaired) electrons. The van der Waals surface area contributed by atoms with Gasteiger partial charge in [-0.2, -0.15) is 0 Å². The van der Waals surface area contributed by atoms with Gasteiger partial charge in [0.15, 0.2) is 30.2 Å². The van der Waals surface area contributed by atoms with Crippen LogP contribution in [0.4, 0.5) is 0 Å². The fourth-order valence-corrected chi connectivity index (χ4v) is 6.21. The van der Waals surface area contributed by atoms with Crippen LogP contribution in [0.1, 0.15) is 12.5 Å². The summed E-state index contributed by atoms with van der Waals surface area (Å²) in [5.41, 5.74) is 1.05. The average molecular weight is 683 g/mol. The Morgan fingerprint density at radius 2 is 1.58 bits per heavy atom. The van der Waals surface area contributed by atoms with Crippen molar-refractivity contribution in [1.29, 1.82) is 0 Å². The molecule has 1 aromatic rings. The van der Waals surface area contributed by atoms with Crippen LogP contribution in [-0.2, 0) is 33.2 Å². The third kappa shape index (κ3) is 7.39. The Morgan fingerprint density at radius 1 is 0.875 bits per heavy atom. The van der Waals surface area contributed by atoms with Crippen LogP contribution in [0.5, 0.6) is 11.5 Å². The number of carbonyl (C=O) groups is 1. The molecule has 7 N–H and O–H groups in total. The van der Waals surface area contributed by atoms with Crippen molar-refractivity contribution in [3.8, 4) is 11.5 Å². The summed E-state index contributed by atoms with van der Waals surface area (Å²) in [4.78, 5) is 12.6. The lowest BCUT2D eigenvalue weighted by Gasteiger charge is -2.43. The molecular formula is C32H42O16. The summed E-state index contributed by atoms with van der Waals surface area (Å²) in [5, 5.41) is 72.2. The van der Waals surface area contributed by atoms with Crippen molar-refractivity contribution in [1.82, 2.24) is 0 Å². The molecule has 14 atom stereocenters. The zero-order chi connectivity index (χ0) is 34.7. The molecule has 0 bridgehead atoms. The first-order chi connectivity index (χ1) is 23.0. The van der Waals surface area contributed by atoms with Crippen LogP contribution in [0.25, 0.3) is 6.08 Å². The lowest BCUT2D eigenvalue weighted by atomic mass is 9.88. The molecule has 0 amide bonds. The smallest absolute Gasteiger partial charge is 0.331 e. The van der Waals surface area contributed by atoms with E-state index in [9.17, 15) is 40.5 Å². The quantitative estimate of drug-likeness (QED) is 0.0786. The molecule has 3 aliphatic heterocycles. The predicted octanol–water partition coefficient (Wildman–Crippen LogP) is -1.67. The van der Waals surface area contributed by atoms with E-state index in [1.54, 1.807) is 37.3 Å². The number of rotatable bonds is 11. The number of esters is 1. The summed E-state index contributed by atoms with van der Waals surface area (Å²) in [7, 11) is 2.99. The molecule has 4 aliphatic rings. The minimum atomic E-state index is -1.68. The molecule has 16 nitrogen and oxygen atoms in total. The van der Waals surface area contributed by atoms with E-state index in [1.165, 1.54) is 26.6 Å². The summed E-state index contributed by atoms with van der Waals surface area (Å²) in [6.45, 7) is 0.464. The van der Waals surface area contributed by atoms with E-state index >= 15 is 0 Å². The van der Waals surface area contributed by atoms with Gasteiger partial charge in [0.1, 0.15) is 36.6 Å². The Morgan fingerprint density at radius 3 is 2.27 bits per heavy atom. The fourth-order valence-electron chi connectivity index (χ4n) is 6.21. The molecule has 16 heteroatoms.